The lowest BCUT2D eigenvalue weighted by molar-refractivity contribution is 0.0663. The van der Waals surface area contributed by atoms with Crippen LogP contribution in [-0.2, 0) is 0 Å². The number of hydrogen-bond donors (Lipinski definition) is 1. The molecule has 2 heterocycles. The Bertz CT molecular complexity index is 700. The number of aliphatic hydroxyl groups excluding tert-OH is 1. The number of rotatable bonds is 5. The van der Waals surface area contributed by atoms with Crippen LogP contribution in [-0.4, -0.2) is 66.4 Å². The number of hydrogen-bond acceptors (Lipinski definition) is 4. The average Bonchev–Trinajstić information content (AvgIpc) is 2.98. The molecule has 0 radical (unpaired) electrons. The second-order valence-corrected chi connectivity index (χ2v) is 7.39. The quantitative estimate of drug-likeness (QED) is 0.908. The van der Waals surface area contributed by atoms with Gasteiger partial charge in [0.25, 0.3) is 0 Å². The summed E-state index contributed by atoms with van der Waals surface area (Å²) in [4.78, 5) is 5.05. The molecule has 0 saturated carbocycles. The van der Waals surface area contributed by atoms with Crippen molar-refractivity contribution in [2.24, 2.45) is 0 Å². The van der Waals surface area contributed by atoms with Gasteiger partial charge in [0, 0.05) is 24.5 Å². The van der Waals surface area contributed by atoms with Gasteiger partial charge in [-0.05, 0) is 50.3 Å². The maximum Gasteiger partial charge on any atom is 0.127 e. The van der Waals surface area contributed by atoms with Crippen molar-refractivity contribution in [1.29, 1.82) is 0 Å². The van der Waals surface area contributed by atoms with Gasteiger partial charge in [0.15, 0.2) is 0 Å². The van der Waals surface area contributed by atoms with Crippen molar-refractivity contribution in [2.45, 2.75) is 31.4 Å². The fourth-order valence-electron chi connectivity index (χ4n) is 4.31. The summed E-state index contributed by atoms with van der Waals surface area (Å²) in [5.41, 5.74) is 0. The summed E-state index contributed by atoms with van der Waals surface area (Å²) in [6.45, 7) is 5.69. The van der Waals surface area contributed by atoms with E-state index in [1.54, 1.807) is 0 Å². The summed E-state index contributed by atoms with van der Waals surface area (Å²) >= 11 is 0. The first-order valence-electron chi connectivity index (χ1n) is 9.54. The molecule has 2 aromatic rings. The Hall–Kier alpha value is -1.62. The molecule has 4 nitrogen and oxygen atoms in total. The Morgan fingerprint density at radius 2 is 1.88 bits per heavy atom. The van der Waals surface area contributed by atoms with Gasteiger partial charge in [0.2, 0.25) is 0 Å². The molecule has 2 unspecified atom stereocenters. The maximum atomic E-state index is 10.5. The molecule has 2 aliphatic rings. The summed E-state index contributed by atoms with van der Waals surface area (Å²) in [5, 5.41) is 12.8. The molecule has 0 amide bonds. The van der Waals surface area contributed by atoms with Gasteiger partial charge in [-0.2, -0.15) is 0 Å². The Morgan fingerprint density at radius 1 is 1.04 bits per heavy atom. The van der Waals surface area contributed by atoms with E-state index >= 15 is 0 Å². The highest BCUT2D eigenvalue weighted by molar-refractivity contribution is 5.88. The molecular weight excluding hydrogens is 312 g/mol. The highest BCUT2D eigenvalue weighted by Crippen LogP contribution is 2.25. The van der Waals surface area contributed by atoms with E-state index in [0.717, 1.165) is 24.2 Å². The van der Waals surface area contributed by atoms with Crippen LogP contribution in [0.1, 0.15) is 19.3 Å². The van der Waals surface area contributed by atoms with E-state index < -0.39 is 6.10 Å². The van der Waals surface area contributed by atoms with Crippen molar-refractivity contribution >= 4 is 10.8 Å². The van der Waals surface area contributed by atoms with Crippen molar-refractivity contribution in [3.8, 4) is 5.75 Å². The molecule has 1 N–H and O–H groups in total. The minimum Gasteiger partial charge on any atom is -0.490 e. The van der Waals surface area contributed by atoms with Gasteiger partial charge in [0.05, 0.1) is 0 Å². The summed E-state index contributed by atoms with van der Waals surface area (Å²) in [5.74, 6) is 0.856. The molecule has 4 heteroatoms. The van der Waals surface area contributed by atoms with Gasteiger partial charge >= 0.3 is 0 Å². The average molecular weight is 340 g/mol. The molecule has 2 fully saturated rings. The van der Waals surface area contributed by atoms with Crippen LogP contribution in [0.3, 0.4) is 0 Å². The predicted octanol–water partition coefficient (Wildman–Crippen LogP) is 2.75. The lowest BCUT2D eigenvalue weighted by Gasteiger charge is -2.27. The lowest BCUT2D eigenvalue weighted by Crippen LogP contribution is -2.41. The van der Waals surface area contributed by atoms with E-state index in [4.69, 9.17) is 4.74 Å². The van der Waals surface area contributed by atoms with E-state index in [0.29, 0.717) is 19.2 Å². The van der Waals surface area contributed by atoms with E-state index in [-0.39, 0.29) is 0 Å². The van der Waals surface area contributed by atoms with Crippen LogP contribution in [0.25, 0.3) is 10.8 Å². The third-order valence-electron chi connectivity index (χ3n) is 5.54. The van der Waals surface area contributed by atoms with E-state index in [2.05, 4.69) is 28.0 Å². The zero-order chi connectivity index (χ0) is 17.1. The molecule has 2 aliphatic heterocycles. The standard InChI is InChI=1S/C21H28N2O2/c24-19(15-22-11-5-13-23-12-4-8-18(23)14-22)16-25-21-10-3-7-17-6-1-2-9-20(17)21/h1-3,6-7,9-10,18-19,24H,4-5,8,11-16H2. The van der Waals surface area contributed by atoms with Crippen molar-refractivity contribution in [3.05, 3.63) is 42.5 Å². The van der Waals surface area contributed by atoms with Crippen LogP contribution in [0.5, 0.6) is 5.75 Å². The van der Waals surface area contributed by atoms with Crippen molar-refractivity contribution in [1.82, 2.24) is 9.80 Å². The van der Waals surface area contributed by atoms with Crippen LogP contribution in [0.15, 0.2) is 42.5 Å². The number of aliphatic hydroxyl groups is 1. The molecule has 2 aromatic carbocycles. The molecule has 25 heavy (non-hydrogen) atoms. The van der Waals surface area contributed by atoms with Crippen LogP contribution in [0.4, 0.5) is 0 Å². The zero-order valence-electron chi connectivity index (χ0n) is 14.8. The van der Waals surface area contributed by atoms with E-state index in [9.17, 15) is 5.11 Å². The van der Waals surface area contributed by atoms with Crippen LogP contribution in [0.2, 0.25) is 0 Å². The largest absolute Gasteiger partial charge is 0.490 e. The molecule has 0 aromatic heterocycles. The first kappa shape index (κ1) is 16.8. The highest BCUT2D eigenvalue weighted by Gasteiger charge is 2.29. The first-order chi connectivity index (χ1) is 12.3. The topological polar surface area (TPSA) is 35.9 Å². The second-order valence-electron chi connectivity index (χ2n) is 7.39. The number of nitrogens with zero attached hydrogens (tertiary/aromatic N) is 2. The molecule has 0 aliphatic carbocycles. The molecule has 134 valence electrons. The lowest BCUT2D eigenvalue weighted by atomic mass is 10.1. The smallest absolute Gasteiger partial charge is 0.127 e. The van der Waals surface area contributed by atoms with Crippen molar-refractivity contribution < 1.29 is 9.84 Å². The summed E-state index contributed by atoms with van der Waals surface area (Å²) in [6.07, 6.45) is 3.38. The van der Waals surface area contributed by atoms with Crippen molar-refractivity contribution in [2.75, 3.05) is 39.3 Å². The SMILES string of the molecule is OC(COc1cccc2ccccc12)CN1CCCN2CCCC2C1. The third-order valence-corrected chi connectivity index (χ3v) is 5.54. The Balaban J connectivity index is 1.33. The first-order valence-corrected chi connectivity index (χ1v) is 9.54. The normalized spacial score (nSPS) is 23.3. The van der Waals surface area contributed by atoms with E-state index in [1.807, 2.05) is 24.3 Å². The van der Waals surface area contributed by atoms with Crippen molar-refractivity contribution in [3.63, 3.8) is 0 Å². The molecule has 0 spiro atoms. The third kappa shape index (κ3) is 3.97. The summed E-state index contributed by atoms with van der Waals surface area (Å²) in [6, 6.07) is 15.0. The number of fused-ring (bicyclic) bond motifs is 2. The van der Waals surface area contributed by atoms with Gasteiger partial charge in [0.1, 0.15) is 18.5 Å². The summed E-state index contributed by atoms with van der Waals surface area (Å²) < 4.78 is 5.95. The molecule has 2 saturated heterocycles. The van der Waals surface area contributed by atoms with Gasteiger partial charge < -0.3 is 9.84 Å². The zero-order valence-corrected chi connectivity index (χ0v) is 14.8. The minimum atomic E-state index is -0.452. The fourth-order valence-corrected chi connectivity index (χ4v) is 4.31. The molecule has 4 rings (SSSR count). The molecule has 0 bridgehead atoms. The van der Waals surface area contributed by atoms with Crippen LogP contribution in [0, 0.1) is 0 Å². The van der Waals surface area contributed by atoms with Gasteiger partial charge in [-0.1, -0.05) is 36.4 Å². The Labute approximate surface area is 150 Å². The molecular formula is C21H28N2O2. The van der Waals surface area contributed by atoms with Gasteiger partial charge in [-0.3, -0.25) is 9.80 Å². The Kier molecular flexibility index (Phi) is 5.20. The monoisotopic (exact) mass is 340 g/mol. The predicted molar refractivity (Wildman–Crippen MR) is 101 cm³/mol. The van der Waals surface area contributed by atoms with Crippen LogP contribution < -0.4 is 4.74 Å². The van der Waals surface area contributed by atoms with E-state index in [1.165, 1.54) is 37.7 Å². The second kappa shape index (κ2) is 7.73. The minimum absolute atomic E-state index is 0.346. The Morgan fingerprint density at radius 3 is 2.84 bits per heavy atom. The molecule has 2 atom stereocenters. The number of β-amino-alcohol motifs (C(OH)–C–C–N with tert-alkyl or cyclic N) is 1. The van der Waals surface area contributed by atoms with Gasteiger partial charge in [-0.25, -0.2) is 0 Å². The highest BCUT2D eigenvalue weighted by atomic mass is 16.5. The number of ether oxygens (including phenoxy) is 1. The van der Waals surface area contributed by atoms with Crippen LogP contribution >= 0.6 is 0 Å². The fraction of sp³-hybridized carbons (Fsp3) is 0.524. The number of benzene rings is 2. The maximum absolute atomic E-state index is 10.5. The summed E-state index contributed by atoms with van der Waals surface area (Å²) in [7, 11) is 0. The van der Waals surface area contributed by atoms with Gasteiger partial charge in [-0.15, -0.1) is 0 Å².